The van der Waals surface area contributed by atoms with Crippen LogP contribution < -0.4 is 4.99 Å². The Morgan fingerprint density at radius 1 is 0.355 bits per heavy atom. The topological polar surface area (TPSA) is 356 Å². The normalized spacial score (nSPS) is 19.9. The van der Waals surface area contributed by atoms with Crippen LogP contribution in [0.4, 0.5) is 0 Å². The number of hydrogen-bond acceptors (Lipinski definition) is 29. The second-order valence-electron chi connectivity index (χ2n) is 26.9. The number of carbonyl (C=O) groups excluding carboxylic acids is 10. The van der Waals surface area contributed by atoms with Crippen molar-refractivity contribution in [3.63, 3.8) is 0 Å². The molecule has 3 aliphatic heterocycles. The number of quaternary nitrogens is 1. The highest BCUT2D eigenvalue weighted by Crippen LogP contribution is 2.35. The number of hydrogen-bond donors (Lipinski definition) is 1. The third-order valence-electron chi connectivity index (χ3n) is 18.8. The first-order valence-corrected chi connectivity index (χ1v) is 38.9. The summed E-state index contributed by atoms with van der Waals surface area (Å²) < 4.78 is 85.4. The molecular formula is C90H88N3O27S+. The number of ether oxygens (including phenoxy) is 13. The van der Waals surface area contributed by atoms with Crippen molar-refractivity contribution in [3.05, 3.63) is 342 Å². The highest BCUT2D eigenvalue weighted by Gasteiger charge is 2.54. The van der Waals surface area contributed by atoms with Gasteiger partial charge in [-0.1, -0.05) is 168 Å². The molecule has 0 saturated carbocycles. The summed E-state index contributed by atoms with van der Waals surface area (Å²) in [5.41, 5.74) is 2.45. The van der Waals surface area contributed by atoms with E-state index in [1.807, 2.05) is 0 Å². The highest BCUT2D eigenvalue weighted by molar-refractivity contribution is 7.89. The van der Waals surface area contributed by atoms with Gasteiger partial charge in [-0.05, 0) is 130 Å². The molecule has 1 N–H and O–H groups in total. The van der Waals surface area contributed by atoms with Gasteiger partial charge in [0.25, 0.3) is 0 Å². The molecule has 0 radical (unpaired) electrons. The summed E-state index contributed by atoms with van der Waals surface area (Å²) >= 11 is 0.384. The fourth-order valence-electron chi connectivity index (χ4n) is 11.7. The minimum atomic E-state index is -1.50. The summed E-state index contributed by atoms with van der Waals surface area (Å²) in [5, 5.41) is 10.8. The van der Waals surface area contributed by atoms with E-state index in [0.717, 1.165) is 11.7 Å². The molecule has 4 heterocycles. The van der Waals surface area contributed by atoms with Gasteiger partial charge in [0.05, 0.1) is 82.9 Å². The number of imidazole rings is 1. The average molecular weight is 1680 g/mol. The lowest BCUT2D eigenvalue weighted by atomic mass is 10.1. The van der Waals surface area contributed by atoms with E-state index < -0.39 is 133 Å². The molecule has 1 aromatic heterocycles. The van der Waals surface area contributed by atoms with Crippen molar-refractivity contribution in [2.24, 2.45) is 0 Å². The number of carbonyl (C=O) groups is 10. The minimum Gasteiger partial charge on any atom is -0.459 e. The van der Waals surface area contributed by atoms with Gasteiger partial charge in [-0.25, -0.2) is 53.1 Å². The van der Waals surface area contributed by atoms with Gasteiger partial charge in [0, 0.05) is 13.1 Å². The lowest BCUT2D eigenvalue weighted by Crippen LogP contribution is -2.42. The monoisotopic (exact) mass is 1670 g/mol. The van der Waals surface area contributed by atoms with Crippen molar-refractivity contribution < 1.29 is 133 Å². The van der Waals surface area contributed by atoms with Gasteiger partial charge in [-0.2, -0.15) is 0 Å². The SMILES string of the molecule is CC(=O)OC1OC(COC(=O)c2ccccc2)C(OC(=O)c2ccccc2)C1OC(=O)c1ccccc1.CC[N+](C)(CC)CC.O=C(OCC1OC(OC(=O)c2ccccc2)C(O)C1OC(=O)c1ccccc1)c1ccccc1.O=C(OCC1OC(OC(=O)c2ccccc2)C(OSOOn2ccnc2)C1OC(=O)c1ccccc1)c1ccccc1. The quantitative estimate of drug-likeness (QED) is 0.00831. The van der Waals surface area contributed by atoms with Gasteiger partial charge in [-0.15, -0.1) is 4.73 Å². The van der Waals surface area contributed by atoms with Crippen LogP contribution >= 0.6 is 12.3 Å². The molecule has 0 amide bonds. The zero-order valence-corrected chi connectivity index (χ0v) is 67.0. The smallest absolute Gasteiger partial charge is 0.340 e. The Hall–Kier alpha value is -13.2. The van der Waals surface area contributed by atoms with Crippen molar-refractivity contribution in [1.29, 1.82) is 0 Å². The molecule has 630 valence electrons. The standard InChI is InChI=1S/C29H24N2O10S.C28H24O9.C26H22O8.C7H18N/c32-26(20-10-4-1-5-11-20)35-18-23-24(37-27(33)21-12-6-2-7-13-21)25(39-42-41-40-31-17-16-30-19-31)29(36-23)38-28(34)22-14-8-3-9-15-22;1-18(29)34-28-24(37-27(32)21-15-9-4-10-16-21)23(36-26(31)20-13-7-3-8-14-20)22(35-28)17-33-25(30)19-11-5-2-6-12-19;27-21-22(33-24(29)18-12-6-2-7-13-18)20(16-31-23(28)17-10-4-1-5-11-17)32-26(21)34-25(30)19-14-8-3-9-15-19;1-5-8(4,6-2)7-3/h1-17,19,23-25,29H,18H2;2-16,22-24,28H,17H2,1H3;1-15,20-22,26-27H,16H2;5-7H2,1-4H3/q;;;+1. The van der Waals surface area contributed by atoms with Crippen LogP contribution in [0.2, 0.25) is 0 Å². The maximum absolute atomic E-state index is 13.1. The first-order valence-electron chi connectivity index (χ1n) is 38.2. The second-order valence-corrected chi connectivity index (χ2v) is 27.3. The van der Waals surface area contributed by atoms with Crippen LogP contribution in [0.1, 0.15) is 121 Å². The van der Waals surface area contributed by atoms with Crippen LogP contribution in [-0.4, -0.2) is 199 Å². The molecule has 31 heteroatoms. The summed E-state index contributed by atoms with van der Waals surface area (Å²) in [6.07, 6.45) is -11.0. The molecule has 12 atom stereocenters. The van der Waals surface area contributed by atoms with E-state index >= 15 is 0 Å². The Balaban J connectivity index is 0.000000183. The minimum absolute atomic E-state index is 0.233. The van der Waals surface area contributed by atoms with Gasteiger partial charge in [0.1, 0.15) is 44.5 Å². The van der Waals surface area contributed by atoms with E-state index in [0.29, 0.717) is 29.0 Å². The van der Waals surface area contributed by atoms with Gasteiger partial charge in [0.15, 0.2) is 30.5 Å². The van der Waals surface area contributed by atoms with Gasteiger partial charge >= 0.3 is 59.7 Å². The molecule has 3 saturated heterocycles. The summed E-state index contributed by atoms with van der Waals surface area (Å²) in [7, 11) is 2.29. The molecule has 3 fully saturated rings. The molecule has 30 nitrogen and oxygen atoms in total. The molecule has 9 aromatic carbocycles. The summed E-state index contributed by atoms with van der Waals surface area (Å²) in [5.74, 6) is -6.89. The Labute approximate surface area is 700 Å². The molecule has 0 bridgehead atoms. The van der Waals surface area contributed by atoms with Crippen LogP contribution in [0.3, 0.4) is 0 Å². The van der Waals surface area contributed by atoms with E-state index in [4.69, 9.17) is 75.1 Å². The predicted octanol–water partition coefficient (Wildman–Crippen LogP) is 11.9. The Morgan fingerprint density at radius 3 is 0.917 bits per heavy atom. The maximum Gasteiger partial charge on any atom is 0.340 e. The number of aliphatic hydroxyl groups is 1. The lowest BCUT2D eigenvalue weighted by molar-refractivity contribution is -0.904. The zero-order chi connectivity index (χ0) is 85.9. The van der Waals surface area contributed by atoms with Crippen LogP contribution in [0.5, 0.6) is 0 Å². The van der Waals surface area contributed by atoms with E-state index in [2.05, 4.69) is 32.8 Å². The van der Waals surface area contributed by atoms with E-state index in [-0.39, 0.29) is 53.2 Å². The summed E-state index contributed by atoms with van der Waals surface area (Å²) in [6.45, 7) is 10.6. The number of aliphatic hydroxyl groups excluding tert-OH is 1. The Kier molecular flexibility index (Phi) is 34.4. The molecule has 12 unspecified atom stereocenters. The van der Waals surface area contributed by atoms with E-state index in [1.54, 1.807) is 273 Å². The average Bonchev–Trinajstić information content (AvgIpc) is 1.66. The zero-order valence-electron chi connectivity index (χ0n) is 66.2. The predicted molar refractivity (Wildman–Crippen MR) is 430 cm³/mol. The van der Waals surface area contributed by atoms with Crippen LogP contribution in [0.25, 0.3) is 0 Å². The molecule has 0 spiro atoms. The highest BCUT2D eigenvalue weighted by atomic mass is 32.2. The van der Waals surface area contributed by atoms with Crippen LogP contribution in [0.15, 0.2) is 292 Å². The van der Waals surface area contributed by atoms with Crippen molar-refractivity contribution >= 4 is 72.0 Å². The van der Waals surface area contributed by atoms with Crippen molar-refractivity contribution in [2.45, 2.75) is 102 Å². The van der Waals surface area contributed by atoms with Crippen molar-refractivity contribution in [1.82, 2.24) is 9.71 Å². The number of rotatable bonds is 30. The lowest BCUT2D eigenvalue weighted by Gasteiger charge is -2.30. The van der Waals surface area contributed by atoms with E-state index in [1.165, 1.54) is 42.8 Å². The number of aromatic nitrogens is 2. The van der Waals surface area contributed by atoms with Crippen LogP contribution in [-0.2, 0) is 74.9 Å². The largest absolute Gasteiger partial charge is 0.459 e. The van der Waals surface area contributed by atoms with Crippen molar-refractivity contribution in [2.75, 3.05) is 46.5 Å². The number of nitrogens with zero attached hydrogens (tertiary/aromatic N) is 3. The van der Waals surface area contributed by atoms with E-state index in [9.17, 15) is 53.1 Å². The first kappa shape index (κ1) is 90.1. The fourth-order valence-corrected chi connectivity index (χ4v) is 12.1. The molecule has 0 aliphatic carbocycles. The van der Waals surface area contributed by atoms with Gasteiger partial charge in [-0.3, -0.25) is 8.98 Å². The number of esters is 10. The molecule has 3 aliphatic rings. The van der Waals surface area contributed by atoms with Gasteiger partial charge in [0.2, 0.25) is 37.3 Å². The first-order chi connectivity index (χ1) is 58.7. The molecule has 121 heavy (non-hydrogen) atoms. The third-order valence-corrected chi connectivity index (χ3v) is 19.2. The molecule has 13 rings (SSSR count). The third kappa shape index (κ3) is 26.9. The Morgan fingerprint density at radius 2 is 0.620 bits per heavy atom. The Bertz CT molecular complexity index is 4910. The summed E-state index contributed by atoms with van der Waals surface area (Å²) in [4.78, 5) is 135. The molecule has 10 aromatic rings. The second kappa shape index (κ2) is 46.2. The van der Waals surface area contributed by atoms with Gasteiger partial charge < -0.3 is 71.2 Å². The fraction of sp³-hybridized carbons (Fsp3) is 0.256. The number of benzene rings is 9. The molecular weight excluding hydrogens is 1590 g/mol. The maximum atomic E-state index is 13.1. The van der Waals surface area contributed by atoms with Crippen LogP contribution in [0, 0.1) is 0 Å². The summed E-state index contributed by atoms with van der Waals surface area (Å²) in [6, 6.07) is 74.1. The van der Waals surface area contributed by atoms with Crippen molar-refractivity contribution in [3.8, 4) is 0 Å².